The number of quaternary nitrogens is 1. The van der Waals surface area contributed by atoms with E-state index in [9.17, 15) is 14.0 Å². The second kappa shape index (κ2) is 9.47. The van der Waals surface area contributed by atoms with Crippen molar-refractivity contribution in [2.24, 2.45) is 0 Å². The Hall–Kier alpha value is -2.93. The Morgan fingerprint density at radius 3 is 2.13 bits per heavy atom. The number of carbonyl (C=O) groups is 2. The summed E-state index contributed by atoms with van der Waals surface area (Å²) >= 11 is 0. The van der Waals surface area contributed by atoms with Crippen LogP contribution in [0, 0.1) is 5.82 Å². The van der Waals surface area contributed by atoms with Crippen LogP contribution in [-0.4, -0.2) is 75.5 Å². The summed E-state index contributed by atoms with van der Waals surface area (Å²) in [5.41, 5.74) is 2.47. The largest absolute Gasteiger partial charge is 0.366 e. The van der Waals surface area contributed by atoms with E-state index in [0.29, 0.717) is 38.4 Å². The van der Waals surface area contributed by atoms with Gasteiger partial charge in [-0.1, -0.05) is 12.1 Å². The molecule has 1 amide bonds. The van der Waals surface area contributed by atoms with Gasteiger partial charge in [-0.05, 0) is 43.3 Å². The molecule has 1 N–H and O–H groups in total. The molecular weight excluding hydrogens is 395 g/mol. The standard InChI is InChI=1S/C24H29FN4O2/c1-19(30)20-6-8-21(9-7-20)27-12-10-26(11-13-27)18-24(31)29-16-14-28(15-17-29)23-5-3-2-4-22(23)25/h2-9H,10-18H2,1H3/p+1. The lowest BCUT2D eigenvalue weighted by Gasteiger charge is -2.38. The summed E-state index contributed by atoms with van der Waals surface area (Å²) in [6, 6.07) is 14.6. The Labute approximate surface area is 182 Å². The first kappa shape index (κ1) is 21.3. The number of amides is 1. The number of rotatable bonds is 5. The van der Waals surface area contributed by atoms with Gasteiger partial charge in [0.1, 0.15) is 5.82 Å². The van der Waals surface area contributed by atoms with Crippen LogP contribution in [-0.2, 0) is 4.79 Å². The van der Waals surface area contributed by atoms with Gasteiger partial charge in [0, 0.05) is 37.4 Å². The normalized spacial score (nSPS) is 17.7. The predicted octanol–water partition coefficient (Wildman–Crippen LogP) is 1.08. The fourth-order valence-corrected chi connectivity index (χ4v) is 4.40. The molecule has 2 aromatic carbocycles. The first-order chi connectivity index (χ1) is 15.0. The van der Waals surface area contributed by atoms with Crippen molar-refractivity contribution in [2.75, 3.05) is 68.7 Å². The van der Waals surface area contributed by atoms with E-state index in [1.165, 1.54) is 11.0 Å². The average Bonchev–Trinajstić information content (AvgIpc) is 2.80. The number of anilines is 2. The molecule has 2 fully saturated rings. The van der Waals surface area contributed by atoms with Crippen molar-refractivity contribution in [2.45, 2.75) is 6.92 Å². The Balaban J connectivity index is 1.23. The van der Waals surface area contributed by atoms with Gasteiger partial charge < -0.3 is 19.6 Å². The van der Waals surface area contributed by atoms with Crippen molar-refractivity contribution < 1.29 is 18.9 Å². The number of para-hydroxylation sites is 1. The smallest absolute Gasteiger partial charge is 0.277 e. The summed E-state index contributed by atoms with van der Waals surface area (Å²) in [4.78, 5) is 31.8. The molecule has 4 rings (SSSR count). The number of piperazine rings is 2. The van der Waals surface area contributed by atoms with E-state index in [1.807, 2.05) is 40.1 Å². The summed E-state index contributed by atoms with van der Waals surface area (Å²) in [6.07, 6.45) is 0. The Bertz CT molecular complexity index is 917. The number of halogens is 1. The van der Waals surface area contributed by atoms with Crippen molar-refractivity contribution in [3.8, 4) is 0 Å². The van der Waals surface area contributed by atoms with Crippen molar-refractivity contribution in [3.63, 3.8) is 0 Å². The van der Waals surface area contributed by atoms with Crippen molar-refractivity contribution in [1.82, 2.24) is 4.90 Å². The highest BCUT2D eigenvalue weighted by Gasteiger charge is 2.27. The summed E-state index contributed by atoms with van der Waals surface area (Å²) in [5.74, 6) is 0.0528. The number of carbonyl (C=O) groups excluding carboxylic acids is 2. The summed E-state index contributed by atoms with van der Waals surface area (Å²) in [5, 5.41) is 0. The van der Waals surface area contributed by atoms with E-state index in [0.717, 1.165) is 37.4 Å². The van der Waals surface area contributed by atoms with Gasteiger partial charge in [-0.25, -0.2) is 4.39 Å². The van der Waals surface area contributed by atoms with Crippen LogP contribution in [0.15, 0.2) is 48.5 Å². The molecule has 6 nitrogen and oxygen atoms in total. The minimum Gasteiger partial charge on any atom is -0.366 e. The lowest BCUT2D eigenvalue weighted by Crippen LogP contribution is -3.16. The molecule has 0 saturated carbocycles. The lowest BCUT2D eigenvalue weighted by atomic mass is 10.1. The number of nitrogens with one attached hydrogen (secondary N) is 1. The van der Waals surface area contributed by atoms with Gasteiger partial charge >= 0.3 is 0 Å². The highest BCUT2D eigenvalue weighted by Crippen LogP contribution is 2.20. The number of hydrogen-bond acceptors (Lipinski definition) is 4. The molecular formula is C24H30FN4O2+. The van der Waals surface area contributed by atoms with Crippen LogP contribution in [0.5, 0.6) is 0 Å². The molecule has 2 saturated heterocycles. The Morgan fingerprint density at radius 1 is 0.871 bits per heavy atom. The molecule has 31 heavy (non-hydrogen) atoms. The van der Waals surface area contributed by atoms with E-state index >= 15 is 0 Å². The second-order valence-electron chi connectivity index (χ2n) is 8.34. The topological polar surface area (TPSA) is 48.3 Å². The number of nitrogens with zero attached hydrogens (tertiary/aromatic N) is 3. The number of hydrogen-bond donors (Lipinski definition) is 1. The average molecular weight is 426 g/mol. The SMILES string of the molecule is CC(=O)c1ccc(N2CC[NH+](CC(=O)N3CCN(c4ccccc4F)CC3)CC2)cc1. The van der Waals surface area contributed by atoms with Crippen LogP contribution < -0.4 is 14.7 Å². The molecule has 0 aromatic heterocycles. The van der Waals surface area contributed by atoms with Crippen molar-refractivity contribution >= 4 is 23.1 Å². The molecule has 0 radical (unpaired) electrons. The quantitative estimate of drug-likeness (QED) is 0.729. The predicted molar refractivity (Wildman–Crippen MR) is 119 cm³/mol. The van der Waals surface area contributed by atoms with Crippen LogP contribution in [0.4, 0.5) is 15.8 Å². The minimum absolute atomic E-state index is 0.0778. The van der Waals surface area contributed by atoms with Crippen LogP contribution in [0.1, 0.15) is 17.3 Å². The van der Waals surface area contributed by atoms with Crippen LogP contribution in [0.2, 0.25) is 0 Å². The summed E-state index contributed by atoms with van der Waals surface area (Å²) < 4.78 is 14.0. The third-order valence-electron chi connectivity index (χ3n) is 6.34. The van der Waals surface area contributed by atoms with Gasteiger partial charge in [0.05, 0.1) is 31.9 Å². The maximum Gasteiger partial charge on any atom is 0.277 e. The highest BCUT2D eigenvalue weighted by molar-refractivity contribution is 5.94. The minimum atomic E-state index is -0.208. The maximum atomic E-state index is 14.0. The summed E-state index contributed by atoms with van der Waals surface area (Å²) in [7, 11) is 0. The molecule has 0 aliphatic carbocycles. The highest BCUT2D eigenvalue weighted by atomic mass is 19.1. The number of Topliss-reactive ketones (excluding diaryl/α,β-unsaturated/α-hetero) is 1. The third kappa shape index (κ3) is 5.05. The van der Waals surface area contributed by atoms with Crippen LogP contribution in [0.25, 0.3) is 0 Å². The van der Waals surface area contributed by atoms with Crippen LogP contribution >= 0.6 is 0 Å². The van der Waals surface area contributed by atoms with Gasteiger partial charge in [0.25, 0.3) is 5.91 Å². The van der Waals surface area contributed by atoms with Gasteiger partial charge in [-0.2, -0.15) is 0 Å². The Morgan fingerprint density at radius 2 is 1.52 bits per heavy atom. The van der Waals surface area contributed by atoms with E-state index in [1.54, 1.807) is 19.1 Å². The van der Waals surface area contributed by atoms with Crippen molar-refractivity contribution in [3.05, 3.63) is 59.9 Å². The zero-order valence-electron chi connectivity index (χ0n) is 18.0. The van der Waals surface area contributed by atoms with E-state index in [-0.39, 0.29) is 17.5 Å². The molecule has 0 unspecified atom stereocenters. The molecule has 0 bridgehead atoms. The maximum absolute atomic E-state index is 14.0. The van der Waals surface area contributed by atoms with Gasteiger partial charge in [0.2, 0.25) is 0 Å². The third-order valence-corrected chi connectivity index (χ3v) is 6.34. The summed E-state index contributed by atoms with van der Waals surface area (Å²) in [6.45, 7) is 8.28. The zero-order chi connectivity index (χ0) is 21.8. The number of benzene rings is 2. The van der Waals surface area contributed by atoms with E-state index < -0.39 is 0 Å². The van der Waals surface area contributed by atoms with E-state index in [4.69, 9.17) is 0 Å². The Kier molecular flexibility index (Phi) is 6.51. The zero-order valence-corrected chi connectivity index (χ0v) is 18.0. The first-order valence-corrected chi connectivity index (χ1v) is 11.0. The lowest BCUT2D eigenvalue weighted by molar-refractivity contribution is -0.892. The number of ketones is 1. The molecule has 7 heteroatoms. The van der Waals surface area contributed by atoms with E-state index in [2.05, 4.69) is 4.90 Å². The van der Waals surface area contributed by atoms with Crippen LogP contribution in [0.3, 0.4) is 0 Å². The first-order valence-electron chi connectivity index (χ1n) is 11.0. The molecule has 2 aromatic rings. The molecule has 0 spiro atoms. The monoisotopic (exact) mass is 425 g/mol. The molecule has 2 aliphatic heterocycles. The van der Waals surface area contributed by atoms with Gasteiger partial charge in [-0.15, -0.1) is 0 Å². The fourth-order valence-electron chi connectivity index (χ4n) is 4.40. The van der Waals surface area contributed by atoms with Gasteiger partial charge in [0.15, 0.2) is 12.3 Å². The second-order valence-corrected chi connectivity index (χ2v) is 8.34. The fraction of sp³-hybridized carbons (Fsp3) is 0.417. The molecule has 2 heterocycles. The van der Waals surface area contributed by atoms with Crippen molar-refractivity contribution in [1.29, 1.82) is 0 Å². The molecule has 0 atom stereocenters. The van der Waals surface area contributed by atoms with Gasteiger partial charge in [-0.3, -0.25) is 9.59 Å². The molecule has 2 aliphatic rings. The molecule has 164 valence electrons.